The molecule has 2 atom stereocenters. The molecular weight excluding hydrogens is 520 g/mol. The number of aromatic nitrogens is 4. The normalized spacial score (nSPS) is 18.2. The van der Waals surface area contributed by atoms with E-state index in [1.165, 1.54) is 24.8 Å². The summed E-state index contributed by atoms with van der Waals surface area (Å²) in [6.07, 6.45) is 1.05. The van der Waals surface area contributed by atoms with E-state index < -0.39 is 33.6 Å². The molecule has 15 heteroatoms. The predicted octanol–water partition coefficient (Wildman–Crippen LogP) is 2.91. The molecule has 0 amide bonds. The number of rotatable bonds is 9. The highest BCUT2D eigenvalue weighted by molar-refractivity contribution is 7.84. The number of anilines is 1. The third-order valence-corrected chi connectivity index (χ3v) is 6.35. The number of halogens is 4. The first kappa shape index (κ1) is 26.6. The minimum atomic E-state index is -4.75. The lowest BCUT2D eigenvalue weighted by Crippen LogP contribution is -2.22. The van der Waals surface area contributed by atoms with Gasteiger partial charge in [-0.2, -0.15) is 26.7 Å². The Labute approximate surface area is 209 Å². The topological polar surface area (TPSA) is 142 Å². The fraction of sp³-hybridized carbons (Fsp3) is 0.364. The van der Waals surface area contributed by atoms with Crippen LogP contribution < -0.4 is 10.5 Å². The lowest BCUT2D eigenvalue weighted by atomic mass is 10.1. The van der Waals surface area contributed by atoms with Crippen LogP contribution in [0.5, 0.6) is 0 Å². The van der Waals surface area contributed by atoms with Gasteiger partial charge in [0.25, 0.3) is 0 Å². The van der Waals surface area contributed by atoms with E-state index in [4.69, 9.17) is 5.14 Å². The number of carbonyl (C=O) groups excluding carboxylic acids is 1. The van der Waals surface area contributed by atoms with E-state index in [-0.39, 0.29) is 47.8 Å². The molecule has 2 heterocycles. The van der Waals surface area contributed by atoms with E-state index in [0.717, 1.165) is 16.8 Å². The van der Waals surface area contributed by atoms with Gasteiger partial charge >= 0.3 is 16.5 Å². The number of hydrogen-bond acceptors (Lipinski definition) is 8. The van der Waals surface area contributed by atoms with E-state index in [1.54, 1.807) is 0 Å². The summed E-state index contributed by atoms with van der Waals surface area (Å²) < 4.78 is 81.1. The lowest BCUT2D eigenvalue weighted by molar-refractivity contribution is -0.138. The smallest absolute Gasteiger partial charge is 0.367 e. The van der Waals surface area contributed by atoms with Gasteiger partial charge in [-0.3, -0.25) is 13.7 Å². The second-order valence-corrected chi connectivity index (χ2v) is 9.83. The monoisotopic (exact) mass is 542 g/mol. The zero-order chi connectivity index (χ0) is 26.8. The maximum Gasteiger partial charge on any atom is 0.416 e. The zero-order valence-corrected chi connectivity index (χ0v) is 20.0. The minimum absolute atomic E-state index is 0.0422. The van der Waals surface area contributed by atoms with E-state index in [1.807, 2.05) is 0 Å². The number of carbonyl (C=O) groups is 1. The lowest BCUT2D eigenvalue weighted by Gasteiger charge is -2.15. The molecular formula is C22H22F4N6O4S. The van der Waals surface area contributed by atoms with Crippen molar-refractivity contribution in [1.29, 1.82) is 0 Å². The molecule has 0 spiro atoms. The van der Waals surface area contributed by atoms with Crippen LogP contribution in [0, 0.1) is 11.7 Å². The SMILES string of the molecule is NS(=O)(=O)OCC1CCC(Nc2ncncc2C(=O)c2ccn(Cc3ccc(F)cc3C(F)(F)F)n2)C1. The van der Waals surface area contributed by atoms with Gasteiger partial charge in [0.2, 0.25) is 5.78 Å². The van der Waals surface area contributed by atoms with Gasteiger partial charge in [-0.15, -0.1) is 0 Å². The van der Waals surface area contributed by atoms with Crippen molar-refractivity contribution in [3.8, 4) is 0 Å². The van der Waals surface area contributed by atoms with E-state index in [9.17, 15) is 30.8 Å². The van der Waals surface area contributed by atoms with Crippen molar-refractivity contribution in [2.45, 2.75) is 38.0 Å². The Hall–Kier alpha value is -3.43. The molecule has 198 valence electrons. The maximum absolute atomic E-state index is 13.4. The standard InChI is InChI=1S/C22H22F4N6O4S/c23-15-3-2-14(18(8-15)22(24,25)26)10-32-6-5-19(31-32)20(33)17-9-28-12-29-21(17)30-16-4-1-13(7-16)11-36-37(27,34)35/h2-3,5-6,8-9,12-13,16H,1,4,7,10-11H2,(H2,27,34,35)(H,28,29,30). The zero-order valence-electron chi connectivity index (χ0n) is 19.2. The first-order chi connectivity index (χ1) is 17.4. The predicted molar refractivity (Wildman–Crippen MR) is 122 cm³/mol. The summed E-state index contributed by atoms with van der Waals surface area (Å²) in [5.41, 5.74) is -1.26. The van der Waals surface area contributed by atoms with E-state index in [2.05, 4.69) is 24.6 Å². The number of alkyl halides is 3. The van der Waals surface area contributed by atoms with Gasteiger partial charge in [-0.25, -0.2) is 19.5 Å². The number of ketones is 1. The summed E-state index contributed by atoms with van der Waals surface area (Å²) in [5, 5.41) is 12.1. The average molecular weight is 543 g/mol. The molecule has 1 aliphatic rings. The van der Waals surface area contributed by atoms with Crippen LogP contribution in [0.25, 0.3) is 0 Å². The second kappa shape index (κ2) is 10.5. The summed E-state index contributed by atoms with van der Waals surface area (Å²) >= 11 is 0. The highest BCUT2D eigenvalue weighted by Gasteiger charge is 2.34. The van der Waals surface area contributed by atoms with E-state index in [0.29, 0.717) is 25.3 Å². The van der Waals surface area contributed by atoms with Crippen molar-refractivity contribution in [2.24, 2.45) is 11.1 Å². The number of nitrogens with one attached hydrogen (secondary N) is 1. The Morgan fingerprint density at radius 2 is 2.03 bits per heavy atom. The summed E-state index contributed by atoms with van der Waals surface area (Å²) in [5.74, 6) is -1.38. The Bertz CT molecular complexity index is 1400. The molecule has 2 aromatic heterocycles. The summed E-state index contributed by atoms with van der Waals surface area (Å²) in [6.45, 7) is -0.378. The molecule has 0 aliphatic heterocycles. The van der Waals surface area contributed by atoms with Crippen LogP contribution in [-0.4, -0.2) is 46.6 Å². The minimum Gasteiger partial charge on any atom is -0.367 e. The average Bonchev–Trinajstić information content (AvgIpc) is 3.47. The Kier molecular flexibility index (Phi) is 7.57. The van der Waals surface area contributed by atoms with Crippen molar-refractivity contribution >= 4 is 21.9 Å². The third kappa shape index (κ3) is 6.87. The van der Waals surface area contributed by atoms with Gasteiger partial charge in [0, 0.05) is 18.4 Å². The molecule has 3 N–H and O–H groups in total. The first-order valence-corrected chi connectivity index (χ1v) is 12.5. The molecule has 1 aromatic carbocycles. The van der Waals surface area contributed by atoms with Crippen LogP contribution in [0.1, 0.15) is 46.4 Å². The Morgan fingerprint density at radius 1 is 1.24 bits per heavy atom. The molecule has 1 saturated carbocycles. The van der Waals surface area contributed by atoms with Crippen molar-refractivity contribution in [2.75, 3.05) is 11.9 Å². The molecule has 1 fully saturated rings. The van der Waals surface area contributed by atoms with Crippen LogP contribution in [0.4, 0.5) is 23.4 Å². The molecule has 37 heavy (non-hydrogen) atoms. The van der Waals surface area contributed by atoms with Gasteiger partial charge in [-0.05, 0) is 48.9 Å². The maximum atomic E-state index is 13.4. The third-order valence-electron chi connectivity index (χ3n) is 5.89. The van der Waals surface area contributed by atoms with Crippen molar-refractivity contribution < 1.29 is 35.0 Å². The molecule has 4 rings (SSSR count). The number of nitrogens with zero attached hydrogens (tertiary/aromatic N) is 4. The highest BCUT2D eigenvalue weighted by Crippen LogP contribution is 2.33. The molecule has 3 aromatic rings. The fourth-order valence-corrected chi connectivity index (χ4v) is 4.57. The molecule has 2 unspecified atom stereocenters. The summed E-state index contributed by atoms with van der Waals surface area (Å²) in [4.78, 5) is 21.2. The van der Waals surface area contributed by atoms with Crippen LogP contribution in [-0.2, 0) is 27.2 Å². The highest BCUT2D eigenvalue weighted by atomic mass is 32.2. The Balaban J connectivity index is 1.46. The van der Waals surface area contributed by atoms with Crippen LogP contribution in [0.3, 0.4) is 0 Å². The molecule has 10 nitrogen and oxygen atoms in total. The molecule has 0 radical (unpaired) electrons. The van der Waals surface area contributed by atoms with Crippen LogP contribution in [0.2, 0.25) is 0 Å². The van der Waals surface area contributed by atoms with Crippen molar-refractivity contribution in [3.63, 3.8) is 0 Å². The van der Waals surface area contributed by atoms with Gasteiger partial charge in [0.05, 0.1) is 24.3 Å². The van der Waals surface area contributed by atoms with Crippen molar-refractivity contribution in [3.05, 3.63) is 71.2 Å². The van der Waals surface area contributed by atoms with Crippen LogP contribution in [0.15, 0.2) is 43.0 Å². The van der Waals surface area contributed by atoms with Gasteiger partial charge in [0.1, 0.15) is 23.7 Å². The molecule has 0 saturated heterocycles. The fourth-order valence-electron chi connectivity index (χ4n) is 4.19. The first-order valence-electron chi connectivity index (χ1n) is 11.1. The van der Waals surface area contributed by atoms with Gasteiger partial charge < -0.3 is 5.32 Å². The van der Waals surface area contributed by atoms with E-state index >= 15 is 0 Å². The summed E-state index contributed by atoms with van der Waals surface area (Å²) in [7, 11) is -4.03. The van der Waals surface area contributed by atoms with Crippen molar-refractivity contribution in [1.82, 2.24) is 19.7 Å². The molecule has 1 aliphatic carbocycles. The quantitative estimate of drug-likeness (QED) is 0.311. The number of benzene rings is 1. The van der Waals surface area contributed by atoms with Crippen LogP contribution >= 0.6 is 0 Å². The Morgan fingerprint density at radius 3 is 2.76 bits per heavy atom. The molecule has 0 bridgehead atoms. The summed E-state index contributed by atoms with van der Waals surface area (Å²) in [6, 6.07) is 3.60. The van der Waals surface area contributed by atoms with Gasteiger partial charge in [-0.1, -0.05) is 6.07 Å². The second-order valence-electron chi connectivity index (χ2n) is 8.61. The number of nitrogens with two attached hydrogens (primary N) is 1. The number of hydrogen-bond donors (Lipinski definition) is 2. The van der Waals surface area contributed by atoms with Gasteiger partial charge in [0.15, 0.2) is 0 Å². The largest absolute Gasteiger partial charge is 0.416 e.